The molecule has 0 unspecified atom stereocenters. The average Bonchev–Trinajstić information content (AvgIpc) is 2.48. The summed E-state index contributed by atoms with van der Waals surface area (Å²) in [5.74, 6) is 0.829. The number of nitro groups is 1. The van der Waals surface area contributed by atoms with Crippen molar-refractivity contribution in [3.8, 4) is 5.75 Å². The fourth-order valence-corrected chi connectivity index (χ4v) is 1.82. The highest BCUT2D eigenvalue weighted by molar-refractivity contribution is 5.81. The van der Waals surface area contributed by atoms with Crippen molar-refractivity contribution < 1.29 is 9.66 Å². The van der Waals surface area contributed by atoms with Crippen molar-refractivity contribution in [2.45, 2.75) is 6.92 Å². The zero-order valence-corrected chi connectivity index (χ0v) is 11.7. The summed E-state index contributed by atoms with van der Waals surface area (Å²) in [6, 6.07) is 11.8. The number of hydrogen-bond acceptors (Lipinski definition) is 5. The monoisotopic (exact) mass is 285 g/mol. The van der Waals surface area contributed by atoms with Crippen LogP contribution in [0.1, 0.15) is 11.1 Å². The molecular weight excluding hydrogens is 270 g/mol. The lowest BCUT2D eigenvalue weighted by Gasteiger charge is -2.04. The molecule has 21 heavy (non-hydrogen) atoms. The van der Waals surface area contributed by atoms with E-state index in [1.807, 2.05) is 25.1 Å². The van der Waals surface area contributed by atoms with Crippen LogP contribution in [0.3, 0.4) is 0 Å². The Morgan fingerprint density at radius 3 is 2.52 bits per heavy atom. The van der Waals surface area contributed by atoms with Gasteiger partial charge in [0.15, 0.2) is 0 Å². The van der Waals surface area contributed by atoms with E-state index in [0.717, 1.165) is 16.9 Å². The zero-order chi connectivity index (χ0) is 15.2. The van der Waals surface area contributed by atoms with Crippen LogP contribution in [0, 0.1) is 17.0 Å². The van der Waals surface area contributed by atoms with Crippen LogP contribution in [-0.4, -0.2) is 18.2 Å². The smallest absolute Gasteiger partial charge is 0.269 e. The van der Waals surface area contributed by atoms with Gasteiger partial charge in [0.1, 0.15) is 5.75 Å². The highest BCUT2D eigenvalue weighted by atomic mass is 16.6. The van der Waals surface area contributed by atoms with Crippen molar-refractivity contribution in [3.05, 3.63) is 63.7 Å². The van der Waals surface area contributed by atoms with E-state index in [-0.39, 0.29) is 5.69 Å². The molecule has 2 rings (SSSR count). The number of hydrogen-bond donors (Lipinski definition) is 1. The Labute approximate surface area is 122 Å². The third-order valence-corrected chi connectivity index (χ3v) is 2.90. The van der Waals surface area contributed by atoms with Gasteiger partial charge in [0.25, 0.3) is 5.69 Å². The van der Waals surface area contributed by atoms with Gasteiger partial charge < -0.3 is 4.74 Å². The first kappa shape index (κ1) is 14.5. The number of nitrogens with zero attached hydrogens (tertiary/aromatic N) is 2. The Morgan fingerprint density at radius 2 is 1.95 bits per heavy atom. The van der Waals surface area contributed by atoms with Gasteiger partial charge >= 0.3 is 0 Å². The molecule has 0 fully saturated rings. The molecule has 0 saturated heterocycles. The van der Waals surface area contributed by atoms with Crippen LogP contribution in [0.25, 0.3) is 0 Å². The molecule has 0 aromatic heterocycles. The van der Waals surface area contributed by atoms with Crippen molar-refractivity contribution in [1.82, 2.24) is 0 Å². The fraction of sp³-hybridized carbons (Fsp3) is 0.133. The van der Waals surface area contributed by atoms with Crippen molar-refractivity contribution in [1.29, 1.82) is 0 Å². The minimum atomic E-state index is -0.437. The number of ether oxygens (including phenoxy) is 1. The molecule has 0 aliphatic heterocycles. The van der Waals surface area contributed by atoms with Gasteiger partial charge in [-0.05, 0) is 48.4 Å². The molecule has 0 radical (unpaired) electrons. The van der Waals surface area contributed by atoms with E-state index in [1.165, 1.54) is 12.1 Å². The fourth-order valence-electron chi connectivity index (χ4n) is 1.82. The van der Waals surface area contributed by atoms with E-state index >= 15 is 0 Å². The highest BCUT2D eigenvalue weighted by Gasteiger charge is 2.03. The second-order valence-electron chi connectivity index (χ2n) is 4.40. The summed E-state index contributed by atoms with van der Waals surface area (Å²) in [6.07, 6.45) is 1.67. The first-order valence-electron chi connectivity index (χ1n) is 6.28. The van der Waals surface area contributed by atoms with Crippen molar-refractivity contribution in [3.63, 3.8) is 0 Å². The zero-order valence-electron chi connectivity index (χ0n) is 11.7. The molecule has 2 aromatic carbocycles. The van der Waals surface area contributed by atoms with Gasteiger partial charge in [0.2, 0.25) is 0 Å². The van der Waals surface area contributed by atoms with E-state index in [0.29, 0.717) is 5.69 Å². The summed E-state index contributed by atoms with van der Waals surface area (Å²) in [6.45, 7) is 1.96. The molecule has 0 atom stereocenters. The number of benzene rings is 2. The predicted molar refractivity (Wildman–Crippen MR) is 82.0 cm³/mol. The third kappa shape index (κ3) is 3.79. The number of rotatable bonds is 5. The van der Waals surface area contributed by atoms with E-state index in [4.69, 9.17) is 4.74 Å². The van der Waals surface area contributed by atoms with Crippen LogP contribution in [0.4, 0.5) is 11.4 Å². The van der Waals surface area contributed by atoms with E-state index in [1.54, 1.807) is 25.5 Å². The second kappa shape index (κ2) is 6.51. The molecule has 0 aliphatic rings. The van der Waals surface area contributed by atoms with E-state index in [9.17, 15) is 10.1 Å². The summed E-state index contributed by atoms with van der Waals surface area (Å²) >= 11 is 0. The van der Waals surface area contributed by atoms with Crippen LogP contribution in [0.15, 0.2) is 47.6 Å². The molecule has 108 valence electrons. The number of anilines is 1. The number of nitro benzene ring substituents is 1. The molecule has 6 nitrogen and oxygen atoms in total. The second-order valence-corrected chi connectivity index (χ2v) is 4.40. The van der Waals surface area contributed by atoms with Gasteiger partial charge in [0.05, 0.1) is 23.9 Å². The van der Waals surface area contributed by atoms with Gasteiger partial charge in [-0.15, -0.1) is 0 Å². The summed E-state index contributed by atoms with van der Waals surface area (Å²) in [5.41, 5.74) is 5.51. The van der Waals surface area contributed by atoms with Crippen molar-refractivity contribution in [2.75, 3.05) is 12.5 Å². The molecule has 1 N–H and O–H groups in total. The molecule has 0 spiro atoms. The standard InChI is InChI=1S/C15H15N3O3/c1-11-9-12(3-8-15(11)21-2)10-16-17-13-4-6-14(7-5-13)18(19)20/h3-10,17H,1-2H3/b16-10+. The molecule has 0 saturated carbocycles. The van der Waals surface area contributed by atoms with Crippen LogP contribution in [0.5, 0.6) is 5.75 Å². The minimum absolute atomic E-state index is 0.0512. The maximum atomic E-state index is 10.5. The lowest BCUT2D eigenvalue weighted by Crippen LogP contribution is -1.93. The van der Waals surface area contributed by atoms with Crippen LogP contribution in [-0.2, 0) is 0 Å². The third-order valence-electron chi connectivity index (χ3n) is 2.90. The topological polar surface area (TPSA) is 76.8 Å². The highest BCUT2D eigenvalue weighted by Crippen LogP contribution is 2.18. The average molecular weight is 285 g/mol. The van der Waals surface area contributed by atoms with Gasteiger partial charge in [0, 0.05) is 12.1 Å². The largest absolute Gasteiger partial charge is 0.496 e. The minimum Gasteiger partial charge on any atom is -0.496 e. The Kier molecular flexibility index (Phi) is 4.50. The first-order valence-corrected chi connectivity index (χ1v) is 6.28. The van der Waals surface area contributed by atoms with Crippen LogP contribution < -0.4 is 10.2 Å². The lowest BCUT2D eigenvalue weighted by atomic mass is 10.1. The molecule has 2 aromatic rings. The maximum Gasteiger partial charge on any atom is 0.269 e. The predicted octanol–water partition coefficient (Wildman–Crippen LogP) is 3.36. The van der Waals surface area contributed by atoms with Gasteiger partial charge in [-0.25, -0.2) is 0 Å². The molecular formula is C15H15N3O3. The summed E-state index contributed by atoms with van der Waals surface area (Å²) < 4.78 is 5.19. The number of methoxy groups -OCH3 is 1. The number of non-ortho nitro benzene ring substituents is 1. The molecule has 0 heterocycles. The Bertz CT molecular complexity index is 666. The summed E-state index contributed by atoms with van der Waals surface area (Å²) in [4.78, 5) is 10.1. The van der Waals surface area contributed by atoms with Crippen LogP contribution in [0.2, 0.25) is 0 Å². The maximum absolute atomic E-state index is 10.5. The normalized spacial score (nSPS) is 10.6. The molecule has 0 bridgehead atoms. The van der Waals surface area contributed by atoms with E-state index in [2.05, 4.69) is 10.5 Å². The van der Waals surface area contributed by atoms with Crippen molar-refractivity contribution in [2.24, 2.45) is 5.10 Å². The lowest BCUT2D eigenvalue weighted by molar-refractivity contribution is -0.384. The molecule has 0 amide bonds. The number of nitrogens with one attached hydrogen (secondary N) is 1. The Hall–Kier alpha value is -2.89. The summed E-state index contributed by atoms with van der Waals surface area (Å²) in [7, 11) is 1.63. The van der Waals surface area contributed by atoms with Crippen molar-refractivity contribution >= 4 is 17.6 Å². The van der Waals surface area contributed by atoms with Crippen LogP contribution >= 0.6 is 0 Å². The Balaban J connectivity index is 2.01. The number of aryl methyl sites for hydroxylation is 1. The quantitative estimate of drug-likeness (QED) is 0.519. The first-order chi connectivity index (χ1) is 10.1. The Morgan fingerprint density at radius 1 is 1.24 bits per heavy atom. The van der Waals surface area contributed by atoms with E-state index < -0.39 is 4.92 Å². The molecule has 6 heteroatoms. The summed E-state index contributed by atoms with van der Waals surface area (Å²) in [5, 5.41) is 14.6. The number of hydrazone groups is 1. The SMILES string of the molecule is COc1ccc(/C=N/Nc2ccc([N+](=O)[O-])cc2)cc1C. The van der Waals surface area contributed by atoms with Gasteiger partial charge in [-0.1, -0.05) is 0 Å². The van der Waals surface area contributed by atoms with Gasteiger partial charge in [-0.3, -0.25) is 15.5 Å². The van der Waals surface area contributed by atoms with Gasteiger partial charge in [-0.2, -0.15) is 5.10 Å². The molecule has 0 aliphatic carbocycles.